The normalized spacial score (nSPS) is 12.0. The van der Waals surface area contributed by atoms with Crippen LogP contribution in [0.4, 0.5) is 0 Å². The van der Waals surface area contributed by atoms with Crippen molar-refractivity contribution in [2.75, 3.05) is 25.1 Å². The third-order valence-electron chi connectivity index (χ3n) is 2.87. The Balaban J connectivity index is 2.42. The van der Waals surface area contributed by atoms with Crippen molar-refractivity contribution in [2.24, 2.45) is 4.99 Å². The van der Waals surface area contributed by atoms with Gasteiger partial charge in [0.05, 0.1) is 17.2 Å². The van der Waals surface area contributed by atoms with Gasteiger partial charge in [0.25, 0.3) is 0 Å². The van der Waals surface area contributed by atoms with E-state index >= 15 is 0 Å². The fourth-order valence-corrected chi connectivity index (χ4v) is 3.06. The molecule has 120 valence electrons. The van der Waals surface area contributed by atoms with Gasteiger partial charge in [-0.2, -0.15) is 11.8 Å². The van der Waals surface area contributed by atoms with E-state index in [4.69, 9.17) is 0 Å². The third-order valence-corrected chi connectivity index (χ3v) is 4.77. The number of aromatic nitrogens is 1. The summed E-state index contributed by atoms with van der Waals surface area (Å²) in [5, 5.41) is 9.97. The second-order valence-electron chi connectivity index (χ2n) is 5.15. The third kappa shape index (κ3) is 7.71. The summed E-state index contributed by atoms with van der Waals surface area (Å²) < 4.78 is 0. The minimum atomic E-state index is 0.496. The first-order chi connectivity index (χ1) is 10.2. The van der Waals surface area contributed by atoms with Crippen LogP contribution >= 0.6 is 23.1 Å². The Kier molecular flexibility index (Phi) is 9.50. The van der Waals surface area contributed by atoms with E-state index in [0.717, 1.165) is 24.7 Å². The van der Waals surface area contributed by atoms with E-state index in [-0.39, 0.29) is 0 Å². The van der Waals surface area contributed by atoms with Crippen molar-refractivity contribution >= 4 is 29.1 Å². The number of aliphatic imine (C=N–C) groups is 1. The van der Waals surface area contributed by atoms with Gasteiger partial charge in [-0.25, -0.2) is 9.98 Å². The van der Waals surface area contributed by atoms with Crippen LogP contribution < -0.4 is 10.6 Å². The van der Waals surface area contributed by atoms with Crippen molar-refractivity contribution < 1.29 is 0 Å². The molecule has 0 unspecified atom stereocenters. The largest absolute Gasteiger partial charge is 0.357 e. The van der Waals surface area contributed by atoms with E-state index in [1.54, 1.807) is 11.3 Å². The molecule has 0 aliphatic heterocycles. The second kappa shape index (κ2) is 10.9. The summed E-state index contributed by atoms with van der Waals surface area (Å²) in [6, 6.07) is 0. The molecule has 0 spiro atoms. The highest BCUT2D eigenvalue weighted by molar-refractivity contribution is 7.98. The summed E-state index contributed by atoms with van der Waals surface area (Å²) >= 11 is 3.63. The molecular formula is C15H28N4S2. The van der Waals surface area contributed by atoms with Gasteiger partial charge in [0.1, 0.15) is 0 Å². The zero-order valence-electron chi connectivity index (χ0n) is 13.6. The molecule has 1 rings (SSSR count). The first-order valence-electron chi connectivity index (χ1n) is 7.62. The zero-order chi connectivity index (χ0) is 15.5. The van der Waals surface area contributed by atoms with Gasteiger partial charge in [0.15, 0.2) is 5.96 Å². The number of hydrogen-bond donors (Lipinski definition) is 2. The minimum Gasteiger partial charge on any atom is -0.357 e. The number of nitrogens with one attached hydrogen (secondary N) is 2. The molecule has 0 saturated carbocycles. The lowest BCUT2D eigenvalue weighted by molar-refractivity contribution is 0.733. The number of guanidine groups is 1. The van der Waals surface area contributed by atoms with Crippen LogP contribution in [0.15, 0.2) is 10.4 Å². The summed E-state index contributed by atoms with van der Waals surface area (Å²) in [6.07, 6.45) is 4.58. The number of nitrogens with zero attached hydrogens (tertiary/aromatic N) is 2. The molecule has 0 aromatic carbocycles. The quantitative estimate of drug-likeness (QED) is 0.414. The Morgan fingerprint density at radius 1 is 1.38 bits per heavy atom. The van der Waals surface area contributed by atoms with E-state index in [1.807, 2.05) is 11.8 Å². The highest BCUT2D eigenvalue weighted by Gasteiger charge is 2.05. The maximum atomic E-state index is 4.62. The fraction of sp³-hybridized carbons (Fsp3) is 0.733. The molecular weight excluding hydrogens is 300 g/mol. The van der Waals surface area contributed by atoms with Crippen LogP contribution in [0.1, 0.15) is 50.2 Å². The van der Waals surface area contributed by atoms with E-state index in [0.29, 0.717) is 12.5 Å². The van der Waals surface area contributed by atoms with Gasteiger partial charge < -0.3 is 10.6 Å². The standard InChI is InChI=1S/C15H28N4S2/c1-5-16-15(17-8-6-7-9-20-4)18-10-13-11-21-14(19-13)12(2)3/h11-12H,5-10H2,1-4H3,(H2,16,17,18). The first kappa shape index (κ1) is 18.3. The average molecular weight is 329 g/mol. The van der Waals surface area contributed by atoms with E-state index < -0.39 is 0 Å². The van der Waals surface area contributed by atoms with Crippen LogP contribution in [-0.2, 0) is 6.54 Å². The van der Waals surface area contributed by atoms with Crippen molar-refractivity contribution in [2.45, 2.75) is 46.1 Å². The van der Waals surface area contributed by atoms with Gasteiger partial charge >= 0.3 is 0 Å². The molecule has 2 N–H and O–H groups in total. The van der Waals surface area contributed by atoms with Crippen molar-refractivity contribution in [3.63, 3.8) is 0 Å². The van der Waals surface area contributed by atoms with E-state index in [2.05, 4.69) is 53.0 Å². The first-order valence-corrected chi connectivity index (χ1v) is 9.90. The molecule has 0 aliphatic carbocycles. The van der Waals surface area contributed by atoms with Crippen molar-refractivity contribution in [1.29, 1.82) is 0 Å². The summed E-state index contributed by atoms with van der Waals surface area (Å²) in [6.45, 7) is 8.93. The molecule has 21 heavy (non-hydrogen) atoms. The van der Waals surface area contributed by atoms with E-state index in [9.17, 15) is 0 Å². The molecule has 4 nitrogen and oxygen atoms in total. The highest BCUT2D eigenvalue weighted by Crippen LogP contribution is 2.19. The summed E-state index contributed by atoms with van der Waals surface area (Å²) in [5.41, 5.74) is 1.06. The maximum absolute atomic E-state index is 4.62. The van der Waals surface area contributed by atoms with Crippen LogP contribution in [0.2, 0.25) is 0 Å². The monoisotopic (exact) mass is 328 g/mol. The van der Waals surface area contributed by atoms with Crippen molar-refractivity contribution in [1.82, 2.24) is 15.6 Å². The molecule has 0 amide bonds. The minimum absolute atomic E-state index is 0.496. The summed E-state index contributed by atoms with van der Waals surface area (Å²) in [5.74, 6) is 2.61. The van der Waals surface area contributed by atoms with E-state index in [1.165, 1.54) is 23.6 Å². The highest BCUT2D eigenvalue weighted by atomic mass is 32.2. The predicted octanol–water partition coefficient (Wildman–Crippen LogP) is 3.46. The number of thiazole rings is 1. The summed E-state index contributed by atoms with van der Waals surface area (Å²) in [7, 11) is 0. The molecule has 0 radical (unpaired) electrons. The van der Waals surface area contributed by atoms with Gasteiger partial charge in [-0.05, 0) is 31.8 Å². The Morgan fingerprint density at radius 3 is 2.81 bits per heavy atom. The van der Waals surface area contributed by atoms with Gasteiger partial charge in [-0.15, -0.1) is 11.3 Å². The van der Waals surface area contributed by atoms with Gasteiger partial charge in [-0.1, -0.05) is 13.8 Å². The Morgan fingerprint density at radius 2 is 2.19 bits per heavy atom. The molecule has 0 aliphatic rings. The molecule has 1 aromatic rings. The van der Waals surface area contributed by atoms with Gasteiger partial charge in [0, 0.05) is 24.4 Å². The molecule has 0 atom stereocenters. The van der Waals surface area contributed by atoms with Crippen LogP contribution in [0.25, 0.3) is 0 Å². The smallest absolute Gasteiger partial charge is 0.191 e. The van der Waals surface area contributed by atoms with Gasteiger partial charge in [0.2, 0.25) is 0 Å². The Labute approximate surface area is 137 Å². The number of hydrogen-bond acceptors (Lipinski definition) is 4. The lowest BCUT2D eigenvalue weighted by Crippen LogP contribution is -2.37. The second-order valence-corrected chi connectivity index (χ2v) is 7.03. The van der Waals surface area contributed by atoms with Crippen LogP contribution in [0, 0.1) is 0 Å². The SMILES string of the molecule is CCNC(=NCc1csc(C(C)C)n1)NCCCCSC. The lowest BCUT2D eigenvalue weighted by Gasteiger charge is -2.10. The van der Waals surface area contributed by atoms with Crippen molar-refractivity contribution in [3.8, 4) is 0 Å². The summed E-state index contributed by atoms with van der Waals surface area (Å²) in [4.78, 5) is 9.22. The van der Waals surface area contributed by atoms with Crippen molar-refractivity contribution in [3.05, 3.63) is 16.1 Å². The average Bonchev–Trinajstić information content (AvgIpc) is 2.93. The zero-order valence-corrected chi connectivity index (χ0v) is 15.2. The molecule has 0 saturated heterocycles. The molecule has 6 heteroatoms. The number of unbranched alkanes of at least 4 members (excludes halogenated alkanes) is 1. The maximum Gasteiger partial charge on any atom is 0.191 e. The van der Waals surface area contributed by atoms with Gasteiger partial charge in [-0.3, -0.25) is 0 Å². The lowest BCUT2D eigenvalue weighted by atomic mass is 10.2. The Hall–Kier alpha value is -0.750. The van der Waals surface area contributed by atoms with Crippen LogP contribution in [-0.4, -0.2) is 36.0 Å². The number of thioether (sulfide) groups is 1. The molecule has 0 fully saturated rings. The number of rotatable bonds is 9. The Bertz CT molecular complexity index is 416. The molecule has 1 aromatic heterocycles. The topological polar surface area (TPSA) is 49.3 Å². The van der Waals surface area contributed by atoms with Crippen LogP contribution in [0.5, 0.6) is 0 Å². The fourth-order valence-electron chi connectivity index (χ4n) is 1.74. The molecule has 0 bridgehead atoms. The molecule has 1 heterocycles. The predicted molar refractivity (Wildman–Crippen MR) is 96.6 cm³/mol. The van der Waals surface area contributed by atoms with Crippen LogP contribution in [0.3, 0.4) is 0 Å².